The molecule has 92 valence electrons. The number of halogens is 1. The minimum atomic E-state index is -1.07. The van der Waals surface area contributed by atoms with E-state index in [0.29, 0.717) is 31.0 Å². The van der Waals surface area contributed by atoms with Gasteiger partial charge in [-0.05, 0) is 37.1 Å². The SMILES string of the molecule is NC1(C(=O)O)CCN(c2ccc(Cl)cc2)CC1. The van der Waals surface area contributed by atoms with Crippen LogP contribution in [0.25, 0.3) is 0 Å². The Bertz CT molecular complexity index is 411. The molecule has 1 aliphatic heterocycles. The number of carboxylic acids is 1. The molecule has 5 heteroatoms. The molecular weight excluding hydrogens is 240 g/mol. The lowest BCUT2D eigenvalue weighted by molar-refractivity contribution is -0.144. The molecule has 3 N–H and O–H groups in total. The third kappa shape index (κ3) is 2.53. The lowest BCUT2D eigenvalue weighted by Gasteiger charge is -2.37. The number of aliphatic carboxylic acids is 1. The van der Waals surface area contributed by atoms with Gasteiger partial charge in [0, 0.05) is 23.8 Å². The van der Waals surface area contributed by atoms with Gasteiger partial charge in [-0.25, -0.2) is 0 Å². The lowest BCUT2D eigenvalue weighted by atomic mass is 9.88. The largest absolute Gasteiger partial charge is 0.480 e. The van der Waals surface area contributed by atoms with E-state index in [0.717, 1.165) is 5.69 Å². The Morgan fingerprint density at radius 2 is 1.82 bits per heavy atom. The second kappa shape index (κ2) is 4.55. The summed E-state index contributed by atoms with van der Waals surface area (Å²) in [6.45, 7) is 1.31. The van der Waals surface area contributed by atoms with Gasteiger partial charge in [0.05, 0.1) is 0 Å². The normalized spacial score (nSPS) is 19.1. The Morgan fingerprint density at radius 1 is 1.29 bits per heavy atom. The van der Waals surface area contributed by atoms with Crippen LogP contribution in [0.3, 0.4) is 0 Å². The molecule has 1 fully saturated rings. The molecule has 0 spiro atoms. The van der Waals surface area contributed by atoms with E-state index >= 15 is 0 Å². The minimum absolute atomic E-state index is 0.463. The van der Waals surface area contributed by atoms with Crippen LogP contribution in [-0.4, -0.2) is 29.7 Å². The summed E-state index contributed by atoms with van der Waals surface area (Å²) in [5.41, 5.74) is 5.81. The Labute approximate surface area is 105 Å². The summed E-state index contributed by atoms with van der Waals surface area (Å²) in [4.78, 5) is 13.1. The zero-order valence-electron chi connectivity index (χ0n) is 9.40. The molecular formula is C12H15ClN2O2. The number of nitrogens with zero attached hydrogens (tertiary/aromatic N) is 1. The van der Waals surface area contributed by atoms with Crippen molar-refractivity contribution < 1.29 is 9.90 Å². The van der Waals surface area contributed by atoms with Gasteiger partial charge in [-0.2, -0.15) is 0 Å². The standard InChI is InChI=1S/C12H15ClN2O2/c13-9-1-3-10(4-2-9)15-7-5-12(14,6-8-15)11(16)17/h1-4H,5-8,14H2,(H,16,17). The van der Waals surface area contributed by atoms with Gasteiger partial charge in [-0.15, -0.1) is 0 Å². The summed E-state index contributed by atoms with van der Waals surface area (Å²) in [6.07, 6.45) is 0.927. The van der Waals surface area contributed by atoms with Crippen molar-refractivity contribution in [2.45, 2.75) is 18.4 Å². The summed E-state index contributed by atoms with van der Waals surface area (Å²) in [5.74, 6) is -0.909. The Kier molecular flexibility index (Phi) is 3.26. The van der Waals surface area contributed by atoms with Gasteiger partial charge in [0.2, 0.25) is 0 Å². The second-order valence-corrected chi connectivity index (χ2v) is 4.86. The highest BCUT2D eigenvalue weighted by Gasteiger charge is 2.37. The quantitative estimate of drug-likeness (QED) is 0.843. The molecule has 2 rings (SSSR count). The monoisotopic (exact) mass is 254 g/mol. The van der Waals surface area contributed by atoms with E-state index < -0.39 is 11.5 Å². The van der Waals surface area contributed by atoms with Gasteiger partial charge in [-0.3, -0.25) is 4.79 Å². The zero-order chi connectivity index (χ0) is 12.5. The van der Waals surface area contributed by atoms with Gasteiger partial charge in [0.15, 0.2) is 0 Å². The number of benzene rings is 1. The molecule has 1 saturated heterocycles. The van der Waals surface area contributed by atoms with Crippen LogP contribution in [0.4, 0.5) is 5.69 Å². The fourth-order valence-corrected chi connectivity index (χ4v) is 2.16. The molecule has 1 aliphatic rings. The molecule has 0 aromatic heterocycles. The van der Waals surface area contributed by atoms with Crippen molar-refractivity contribution in [3.05, 3.63) is 29.3 Å². The van der Waals surface area contributed by atoms with Crippen LogP contribution in [0, 0.1) is 0 Å². The van der Waals surface area contributed by atoms with E-state index in [1.165, 1.54) is 0 Å². The highest BCUT2D eigenvalue weighted by Crippen LogP contribution is 2.25. The van der Waals surface area contributed by atoms with E-state index in [-0.39, 0.29) is 0 Å². The molecule has 0 bridgehead atoms. The first-order valence-corrected chi connectivity index (χ1v) is 5.92. The second-order valence-electron chi connectivity index (χ2n) is 4.42. The highest BCUT2D eigenvalue weighted by molar-refractivity contribution is 6.30. The van der Waals surface area contributed by atoms with Crippen molar-refractivity contribution in [2.75, 3.05) is 18.0 Å². The van der Waals surface area contributed by atoms with E-state index in [1.807, 2.05) is 24.3 Å². The number of carbonyl (C=O) groups is 1. The summed E-state index contributed by atoms with van der Waals surface area (Å²) in [5, 5.41) is 9.73. The molecule has 1 aromatic rings. The topological polar surface area (TPSA) is 66.6 Å². The van der Waals surface area contributed by atoms with Gasteiger partial charge >= 0.3 is 5.97 Å². The first-order valence-electron chi connectivity index (χ1n) is 5.54. The molecule has 1 aromatic carbocycles. The van der Waals surface area contributed by atoms with Crippen LogP contribution >= 0.6 is 11.6 Å². The molecule has 0 saturated carbocycles. The number of rotatable bonds is 2. The lowest BCUT2D eigenvalue weighted by Crippen LogP contribution is -2.55. The van der Waals surface area contributed by atoms with Gasteiger partial charge in [0.1, 0.15) is 5.54 Å². The number of hydrogen-bond donors (Lipinski definition) is 2. The number of nitrogens with two attached hydrogens (primary N) is 1. The molecule has 17 heavy (non-hydrogen) atoms. The maximum atomic E-state index is 11.0. The fraction of sp³-hybridized carbons (Fsp3) is 0.417. The van der Waals surface area contributed by atoms with Gasteiger partial charge in [0.25, 0.3) is 0 Å². The van der Waals surface area contributed by atoms with Crippen molar-refractivity contribution in [1.29, 1.82) is 0 Å². The minimum Gasteiger partial charge on any atom is -0.480 e. The fourth-order valence-electron chi connectivity index (χ4n) is 2.03. The molecule has 0 radical (unpaired) electrons. The molecule has 0 amide bonds. The summed E-state index contributed by atoms with van der Waals surface area (Å²) >= 11 is 5.82. The maximum Gasteiger partial charge on any atom is 0.323 e. The van der Waals surface area contributed by atoms with E-state index in [4.69, 9.17) is 22.4 Å². The smallest absolute Gasteiger partial charge is 0.323 e. The van der Waals surface area contributed by atoms with Crippen LogP contribution in [0.15, 0.2) is 24.3 Å². The van der Waals surface area contributed by atoms with Gasteiger partial charge in [-0.1, -0.05) is 11.6 Å². The van der Waals surface area contributed by atoms with Crippen LogP contribution in [0.5, 0.6) is 0 Å². The van der Waals surface area contributed by atoms with Crippen LogP contribution < -0.4 is 10.6 Å². The van der Waals surface area contributed by atoms with Crippen molar-refractivity contribution in [3.63, 3.8) is 0 Å². The van der Waals surface area contributed by atoms with E-state index in [1.54, 1.807) is 0 Å². The van der Waals surface area contributed by atoms with Crippen LogP contribution in [0.1, 0.15) is 12.8 Å². The third-order valence-electron chi connectivity index (χ3n) is 3.27. The zero-order valence-corrected chi connectivity index (χ0v) is 10.2. The first kappa shape index (κ1) is 12.2. The van der Waals surface area contributed by atoms with Crippen molar-refractivity contribution in [1.82, 2.24) is 0 Å². The Hall–Kier alpha value is -1.26. The number of anilines is 1. The number of hydrogen-bond acceptors (Lipinski definition) is 3. The average Bonchev–Trinajstić information content (AvgIpc) is 2.31. The third-order valence-corrected chi connectivity index (χ3v) is 3.53. The molecule has 4 nitrogen and oxygen atoms in total. The number of carboxylic acid groups (broad SMARTS) is 1. The highest BCUT2D eigenvalue weighted by atomic mass is 35.5. The number of piperidine rings is 1. The summed E-state index contributed by atoms with van der Waals surface area (Å²) in [6, 6.07) is 7.54. The van der Waals surface area contributed by atoms with Crippen LogP contribution in [-0.2, 0) is 4.79 Å². The predicted molar refractivity (Wildman–Crippen MR) is 67.5 cm³/mol. The van der Waals surface area contributed by atoms with Crippen molar-refractivity contribution in [2.24, 2.45) is 5.73 Å². The molecule has 0 atom stereocenters. The molecule has 1 heterocycles. The molecule has 0 aliphatic carbocycles. The average molecular weight is 255 g/mol. The Balaban J connectivity index is 2.04. The Morgan fingerprint density at radius 3 is 2.29 bits per heavy atom. The predicted octanol–water partition coefficient (Wildman–Crippen LogP) is 1.72. The van der Waals surface area contributed by atoms with Crippen molar-refractivity contribution in [3.8, 4) is 0 Å². The maximum absolute atomic E-state index is 11.0. The first-order chi connectivity index (χ1) is 8.01. The summed E-state index contributed by atoms with van der Waals surface area (Å²) < 4.78 is 0. The van der Waals surface area contributed by atoms with Gasteiger partial charge < -0.3 is 15.7 Å². The van der Waals surface area contributed by atoms with Crippen LogP contribution in [0.2, 0.25) is 5.02 Å². The molecule has 0 unspecified atom stereocenters. The van der Waals surface area contributed by atoms with E-state index in [2.05, 4.69) is 4.90 Å². The summed E-state index contributed by atoms with van der Waals surface area (Å²) in [7, 11) is 0. The van der Waals surface area contributed by atoms with E-state index in [9.17, 15) is 4.79 Å². The van der Waals surface area contributed by atoms with Crippen molar-refractivity contribution >= 4 is 23.3 Å².